The molecule has 1 aromatic carbocycles. The summed E-state index contributed by atoms with van der Waals surface area (Å²) in [6.45, 7) is 5.75. The molecular weight excluding hydrogens is 292 g/mol. The first-order valence-corrected chi connectivity index (χ1v) is 7.20. The molecule has 0 bridgehead atoms. The average Bonchev–Trinajstić information content (AvgIpc) is 2.49. The topological polar surface area (TPSA) is 75.3 Å². The highest BCUT2D eigenvalue weighted by Gasteiger charge is 2.33. The summed E-state index contributed by atoms with van der Waals surface area (Å²) in [6, 6.07) is 9.86. The lowest BCUT2D eigenvalue weighted by Crippen LogP contribution is -2.36. The van der Waals surface area contributed by atoms with Crippen molar-refractivity contribution in [3.63, 3.8) is 0 Å². The van der Waals surface area contributed by atoms with Crippen LogP contribution in [0.5, 0.6) is 11.5 Å². The van der Waals surface area contributed by atoms with Crippen LogP contribution in [0.1, 0.15) is 31.9 Å². The standard InChI is InChI=1S/C18H16N2O3/c1-11-17(20-7-6-13(21)9-16(20)22)14-8-12(10-19)4-5-15(14)23-18(11,2)3/h4-9,21H,1-3H3. The minimum absolute atomic E-state index is 0.0816. The van der Waals surface area contributed by atoms with Crippen LogP contribution < -0.4 is 10.3 Å². The molecule has 0 atom stereocenters. The molecule has 3 rings (SSSR count). The van der Waals surface area contributed by atoms with Crippen molar-refractivity contribution >= 4 is 5.70 Å². The number of nitriles is 1. The van der Waals surface area contributed by atoms with Crippen molar-refractivity contribution in [1.29, 1.82) is 5.26 Å². The predicted molar refractivity (Wildman–Crippen MR) is 86.2 cm³/mol. The number of nitrogens with zero attached hydrogens (tertiary/aromatic N) is 2. The number of benzene rings is 1. The summed E-state index contributed by atoms with van der Waals surface area (Å²) in [4.78, 5) is 12.3. The summed E-state index contributed by atoms with van der Waals surface area (Å²) >= 11 is 0. The number of aromatic nitrogens is 1. The van der Waals surface area contributed by atoms with Gasteiger partial charge in [-0.3, -0.25) is 9.36 Å². The van der Waals surface area contributed by atoms with E-state index in [0.717, 1.165) is 11.6 Å². The maximum absolute atomic E-state index is 12.3. The van der Waals surface area contributed by atoms with E-state index in [1.54, 1.807) is 18.2 Å². The summed E-state index contributed by atoms with van der Waals surface area (Å²) in [5.41, 5.74) is 1.79. The lowest BCUT2D eigenvalue weighted by atomic mass is 9.90. The maximum atomic E-state index is 12.3. The van der Waals surface area contributed by atoms with Gasteiger partial charge < -0.3 is 9.84 Å². The Morgan fingerprint density at radius 2 is 2.00 bits per heavy atom. The van der Waals surface area contributed by atoms with Gasteiger partial charge in [-0.1, -0.05) is 0 Å². The Bertz CT molecular complexity index is 930. The van der Waals surface area contributed by atoms with E-state index >= 15 is 0 Å². The van der Waals surface area contributed by atoms with Gasteiger partial charge in [0.05, 0.1) is 17.3 Å². The monoisotopic (exact) mass is 308 g/mol. The van der Waals surface area contributed by atoms with Gasteiger partial charge in [0.25, 0.3) is 5.56 Å². The summed E-state index contributed by atoms with van der Waals surface area (Å²) in [5, 5.41) is 18.6. The molecule has 0 spiro atoms. The third-order valence-corrected chi connectivity index (χ3v) is 4.13. The largest absolute Gasteiger partial charge is 0.508 e. The molecule has 5 nitrogen and oxygen atoms in total. The molecule has 2 aromatic rings. The lowest BCUT2D eigenvalue weighted by molar-refractivity contribution is 0.143. The molecule has 0 saturated carbocycles. The van der Waals surface area contributed by atoms with Gasteiger partial charge in [-0.2, -0.15) is 5.26 Å². The molecular formula is C18H16N2O3. The quantitative estimate of drug-likeness (QED) is 0.879. The van der Waals surface area contributed by atoms with Crippen molar-refractivity contribution in [2.45, 2.75) is 26.4 Å². The number of hydrogen-bond acceptors (Lipinski definition) is 4. The number of hydrogen-bond donors (Lipinski definition) is 1. The van der Waals surface area contributed by atoms with Crippen molar-refractivity contribution in [1.82, 2.24) is 4.57 Å². The molecule has 0 amide bonds. The zero-order valence-electron chi connectivity index (χ0n) is 13.1. The smallest absolute Gasteiger partial charge is 0.258 e. The first-order valence-electron chi connectivity index (χ1n) is 7.20. The van der Waals surface area contributed by atoms with Gasteiger partial charge in [-0.05, 0) is 50.6 Å². The van der Waals surface area contributed by atoms with Crippen molar-refractivity contribution in [2.24, 2.45) is 0 Å². The Labute approximate surface area is 133 Å². The molecule has 0 unspecified atom stereocenters. The van der Waals surface area contributed by atoms with E-state index in [4.69, 9.17) is 10.00 Å². The maximum Gasteiger partial charge on any atom is 0.258 e. The first-order chi connectivity index (χ1) is 10.8. The molecule has 0 saturated heterocycles. The number of aromatic hydroxyl groups is 1. The van der Waals surface area contributed by atoms with E-state index in [2.05, 4.69) is 6.07 Å². The van der Waals surface area contributed by atoms with Crippen molar-refractivity contribution in [3.05, 3.63) is 63.6 Å². The van der Waals surface area contributed by atoms with Gasteiger partial charge in [0, 0.05) is 17.8 Å². The van der Waals surface area contributed by atoms with Gasteiger partial charge in [-0.25, -0.2) is 0 Å². The molecule has 2 heterocycles. The Hall–Kier alpha value is -3.00. The Morgan fingerprint density at radius 3 is 2.65 bits per heavy atom. The SMILES string of the molecule is CC1=C(n2ccc(O)cc2=O)c2cc(C#N)ccc2OC1(C)C. The van der Waals surface area contributed by atoms with Crippen LogP contribution in [0, 0.1) is 11.3 Å². The molecule has 0 fully saturated rings. The molecule has 0 aliphatic carbocycles. The summed E-state index contributed by atoms with van der Waals surface area (Å²) in [6.07, 6.45) is 1.53. The van der Waals surface area contributed by atoms with Gasteiger partial charge in [0.2, 0.25) is 0 Å². The molecule has 1 aliphatic rings. The Morgan fingerprint density at radius 1 is 1.26 bits per heavy atom. The highest BCUT2D eigenvalue weighted by Crippen LogP contribution is 2.41. The van der Waals surface area contributed by atoms with Crippen LogP contribution >= 0.6 is 0 Å². The molecule has 1 aromatic heterocycles. The summed E-state index contributed by atoms with van der Waals surface area (Å²) in [7, 11) is 0. The Balaban J connectivity index is 2.36. The fraction of sp³-hybridized carbons (Fsp3) is 0.222. The molecule has 0 radical (unpaired) electrons. The minimum Gasteiger partial charge on any atom is -0.508 e. The molecule has 5 heteroatoms. The lowest BCUT2D eigenvalue weighted by Gasteiger charge is -2.36. The van der Waals surface area contributed by atoms with E-state index < -0.39 is 5.60 Å². The minimum atomic E-state index is -0.589. The van der Waals surface area contributed by atoms with Crippen LogP contribution in [0.4, 0.5) is 0 Å². The predicted octanol–water partition coefficient (Wildman–Crippen LogP) is 2.88. The molecule has 1 aliphatic heterocycles. The van der Waals surface area contributed by atoms with Gasteiger partial charge in [0.1, 0.15) is 17.1 Å². The summed E-state index contributed by atoms with van der Waals surface area (Å²) < 4.78 is 7.49. The van der Waals surface area contributed by atoms with E-state index in [0.29, 0.717) is 22.6 Å². The van der Waals surface area contributed by atoms with Crippen LogP contribution in [-0.4, -0.2) is 15.3 Å². The zero-order valence-corrected chi connectivity index (χ0v) is 13.1. The van der Waals surface area contributed by atoms with E-state index in [1.165, 1.54) is 16.8 Å². The fourth-order valence-corrected chi connectivity index (χ4v) is 2.68. The molecule has 1 N–H and O–H groups in total. The zero-order chi connectivity index (χ0) is 16.8. The highest BCUT2D eigenvalue weighted by molar-refractivity contribution is 5.77. The average molecular weight is 308 g/mol. The van der Waals surface area contributed by atoms with Gasteiger partial charge >= 0.3 is 0 Å². The van der Waals surface area contributed by atoms with Crippen LogP contribution in [-0.2, 0) is 0 Å². The first kappa shape index (κ1) is 14.9. The Kier molecular flexibility index (Phi) is 3.26. The van der Waals surface area contributed by atoms with Crippen molar-refractivity contribution in [3.8, 4) is 17.6 Å². The summed E-state index contributed by atoms with van der Waals surface area (Å²) in [5.74, 6) is 0.538. The highest BCUT2D eigenvalue weighted by atomic mass is 16.5. The van der Waals surface area contributed by atoms with E-state index in [9.17, 15) is 9.90 Å². The van der Waals surface area contributed by atoms with Crippen LogP contribution in [0.25, 0.3) is 5.70 Å². The molecule has 23 heavy (non-hydrogen) atoms. The van der Waals surface area contributed by atoms with Crippen LogP contribution in [0.2, 0.25) is 0 Å². The van der Waals surface area contributed by atoms with Gasteiger partial charge in [-0.15, -0.1) is 0 Å². The number of fused-ring (bicyclic) bond motifs is 1. The third kappa shape index (κ3) is 2.38. The number of rotatable bonds is 1. The second-order valence-electron chi connectivity index (χ2n) is 6.00. The van der Waals surface area contributed by atoms with Crippen molar-refractivity contribution in [2.75, 3.05) is 0 Å². The van der Waals surface area contributed by atoms with Crippen LogP contribution in [0.3, 0.4) is 0 Å². The van der Waals surface area contributed by atoms with Crippen molar-refractivity contribution < 1.29 is 9.84 Å². The van der Waals surface area contributed by atoms with E-state index in [-0.39, 0.29) is 11.3 Å². The van der Waals surface area contributed by atoms with E-state index in [1.807, 2.05) is 20.8 Å². The third-order valence-electron chi connectivity index (χ3n) is 4.13. The second-order valence-corrected chi connectivity index (χ2v) is 6.00. The molecule has 116 valence electrons. The normalized spacial score (nSPS) is 15.6. The fourth-order valence-electron chi connectivity index (χ4n) is 2.68. The second kappa shape index (κ2) is 5.03. The van der Waals surface area contributed by atoms with Gasteiger partial charge in [0.15, 0.2) is 0 Å². The number of pyridine rings is 1. The number of ether oxygens (including phenoxy) is 1. The van der Waals surface area contributed by atoms with Crippen LogP contribution in [0.15, 0.2) is 46.9 Å².